The van der Waals surface area contributed by atoms with Crippen molar-refractivity contribution in [2.24, 2.45) is 35.0 Å². The van der Waals surface area contributed by atoms with Gasteiger partial charge in [-0.15, -0.1) is 0 Å². The summed E-state index contributed by atoms with van der Waals surface area (Å²) < 4.78 is 5.49. The average Bonchev–Trinajstić information content (AvgIpc) is 2.56. The Morgan fingerprint density at radius 1 is 1.44 bits per heavy atom. The molecule has 4 aliphatic carbocycles. The standard InChI is InChI=1S/C14H22O2/c1-4-5-6-16-13(15)14-9(3)10-7-11(14)12(14)8(10)2/h8-12H,4-7H2,1-3H3. The van der Waals surface area contributed by atoms with E-state index >= 15 is 0 Å². The summed E-state index contributed by atoms with van der Waals surface area (Å²) in [5.41, 5.74) is -0.0299. The van der Waals surface area contributed by atoms with Crippen molar-refractivity contribution in [1.29, 1.82) is 0 Å². The zero-order valence-corrected chi connectivity index (χ0v) is 10.5. The van der Waals surface area contributed by atoms with Crippen LogP contribution in [0, 0.1) is 35.0 Å². The van der Waals surface area contributed by atoms with Crippen molar-refractivity contribution in [3.05, 3.63) is 0 Å². The first kappa shape index (κ1) is 10.6. The maximum absolute atomic E-state index is 12.3. The van der Waals surface area contributed by atoms with Crippen molar-refractivity contribution in [2.75, 3.05) is 6.61 Å². The minimum Gasteiger partial charge on any atom is -0.465 e. The van der Waals surface area contributed by atoms with Crippen LogP contribution in [0.4, 0.5) is 0 Å². The van der Waals surface area contributed by atoms with Crippen molar-refractivity contribution in [1.82, 2.24) is 0 Å². The molecule has 2 heteroatoms. The Balaban J connectivity index is 1.70. The van der Waals surface area contributed by atoms with Gasteiger partial charge in [-0.2, -0.15) is 0 Å². The lowest BCUT2D eigenvalue weighted by atomic mass is 9.90. The molecular weight excluding hydrogens is 200 g/mol. The Kier molecular flexibility index (Phi) is 2.15. The lowest BCUT2D eigenvalue weighted by molar-refractivity contribution is -0.152. The Labute approximate surface area is 97.7 Å². The van der Waals surface area contributed by atoms with E-state index in [0.29, 0.717) is 24.4 Å². The predicted molar refractivity (Wildman–Crippen MR) is 61.7 cm³/mol. The van der Waals surface area contributed by atoms with Gasteiger partial charge in [0.15, 0.2) is 0 Å². The molecule has 0 aromatic rings. The second-order valence-electron chi connectivity index (χ2n) is 6.10. The molecule has 4 bridgehead atoms. The van der Waals surface area contributed by atoms with Crippen LogP contribution in [-0.4, -0.2) is 12.6 Å². The number of unbranched alkanes of at least 4 members (excludes halogenated alkanes) is 1. The highest BCUT2D eigenvalue weighted by Crippen LogP contribution is 2.83. The SMILES string of the molecule is CCCCOC(=O)C12C(C)C3CC1C2C3C. The van der Waals surface area contributed by atoms with E-state index in [-0.39, 0.29) is 11.4 Å². The van der Waals surface area contributed by atoms with Gasteiger partial charge in [-0.05, 0) is 42.4 Å². The normalized spacial score (nSPS) is 51.8. The Hall–Kier alpha value is -0.530. The average molecular weight is 222 g/mol. The van der Waals surface area contributed by atoms with Crippen LogP contribution in [0.15, 0.2) is 0 Å². The van der Waals surface area contributed by atoms with E-state index in [2.05, 4.69) is 20.8 Å². The summed E-state index contributed by atoms with van der Waals surface area (Å²) in [7, 11) is 0. The van der Waals surface area contributed by atoms with Gasteiger partial charge in [0.2, 0.25) is 0 Å². The van der Waals surface area contributed by atoms with Crippen molar-refractivity contribution in [3.8, 4) is 0 Å². The zero-order valence-electron chi connectivity index (χ0n) is 10.5. The molecule has 0 aromatic heterocycles. The van der Waals surface area contributed by atoms with Crippen LogP contribution in [0.2, 0.25) is 0 Å². The van der Waals surface area contributed by atoms with Gasteiger partial charge in [-0.25, -0.2) is 0 Å². The topological polar surface area (TPSA) is 26.3 Å². The first-order valence-corrected chi connectivity index (χ1v) is 6.82. The van der Waals surface area contributed by atoms with Gasteiger partial charge < -0.3 is 4.74 Å². The van der Waals surface area contributed by atoms with Crippen molar-refractivity contribution in [2.45, 2.75) is 40.0 Å². The fourth-order valence-electron chi connectivity index (χ4n) is 4.99. The molecule has 0 saturated heterocycles. The maximum atomic E-state index is 12.3. The van der Waals surface area contributed by atoms with Crippen LogP contribution in [-0.2, 0) is 9.53 Å². The molecule has 6 atom stereocenters. The molecular formula is C14H22O2. The second kappa shape index (κ2) is 3.24. The predicted octanol–water partition coefficient (Wildman–Crippen LogP) is 2.87. The fraction of sp³-hybridized carbons (Fsp3) is 0.929. The summed E-state index contributed by atoms with van der Waals surface area (Å²) in [6.45, 7) is 7.36. The molecule has 4 saturated carbocycles. The highest BCUT2D eigenvalue weighted by molar-refractivity contribution is 5.84. The second-order valence-corrected chi connectivity index (χ2v) is 6.10. The third-order valence-corrected chi connectivity index (χ3v) is 5.74. The molecule has 0 heterocycles. The quantitative estimate of drug-likeness (QED) is 0.540. The molecule has 0 radical (unpaired) electrons. The van der Waals surface area contributed by atoms with Gasteiger partial charge in [-0.1, -0.05) is 27.2 Å². The van der Waals surface area contributed by atoms with E-state index in [9.17, 15) is 4.79 Å². The summed E-state index contributed by atoms with van der Waals surface area (Å²) in [5, 5.41) is 0. The molecule has 2 nitrogen and oxygen atoms in total. The maximum Gasteiger partial charge on any atom is 0.312 e. The van der Waals surface area contributed by atoms with Gasteiger partial charge in [0.1, 0.15) is 0 Å². The van der Waals surface area contributed by atoms with Crippen LogP contribution >= 0.6 is 0 Å². The fourth-order valence-corrected chi connectivity index (χ4v) is 4.99. The van der Waals surface area contributed by atoms with E-state index in [1.165, 1.54) is 6.42 Å². The van der Waals surface area contributed by atoms with Crippen LogP contribution in [0.1, 0.15) is 40.0 Å². The van der Waals surface area contributed by atoms with Crippen molar-refractivity contribution >= 4 is 5.97 Å². The molecule has 6 unspecified atom stereocenters. The molecule has 4 rings (SSSR count). The van der Waals surface area contributed by atoms with E-state index in [4.69, 9.17) is 4.74 Å². The Morgan fingerprint density at radius 2 is 2.19 bits per heavy atom. The van der Waals surface area contributed by atoms with E-state index in [1.54, 1.807) is 0 Å². The molecule has 0 aliphatic heterocycles. The van der Waals surface area contributed by atoms with Crippen LogP contribution in [0.25, 0.3) is 0 Å². The number of carbonyl (C=O) groups is 1. The van der Waals surface area contributed by atoms with Gasteiger partial charge in [0, 0.05) is 0 Å². The summed E-state index contributed by atoms with van der Waals surface area (Å²) >= 11 is 0. The lowest BCUT2D eigenvalue weighted by Crippen LogP contribution is -2.25. The number of ether oxygens (including phenoxy) is 1. The largest absolute Gasteiger partial charge is 0.465 e. The minimum atomic E-state index is -0.0299. The van der Waals surface area contributed by atoms with Crippen LogP contribution in [0.3, 0.4) is 0 Å². The number of esters is 1. The third kappa shape index (κ3) is 0.970. The smallest absolute Gasteiger partial charge is 0.312 e. The van der Waals surface area contributed by atoms with Crippen LogP contribution < -0.4 is 0 Å². The molecule has 90 valence electrons. The summed E-state index contributed by atoms with van der Waals surface area (Å²) in [6, 6.07) is 0. The highest BCUT2D eigenvalue weighted by Gasteiger charge is 2.84. The number of carbonyl (C=O) groups excluding carboxylic acids is 1. The van der Waals surface area contributed by atoms with Crippen molar-refractivity contribution < 1.29 is 9.53 Å². The molecule has 4 fully saturated rings. The van der Waals surface area contributed by atoms with Crippen LogP contribution in [0.5, 0.6) is 0 Å². The van der Waals surface area contributed by atoms with Gasteiger partial charge in [-0.3, -0.25) is 4.79 Å². The number of hydrogen-bond acceptors (Lipinski definition) is 2. The molecule has 4 aliphatic rings. The lowest BCUT2D eigenvalue weighted by Gasteiger charge is -2.18. The monoisotopic (exact) mass is 222 g/mol. The number of rotatable bonds is 4. The summed E-state index contributed by atoms with van der Waals surface area (Å²) in [6.07, 6.45) is 3.39. The Bertz CT molecular complexity index is 321. The summed E-state index contributed by atoms with van der Waals surface area (Å²) in [4.78, 5) is 12.3. The number of hydrogen-bond donors (Lipinski definition) is 0. The van der Waals surface area contributed by atoms with E-state index < -0.39 is 0 Å². The zero-order chi connectivity index (χ0) is 11.5. The minimum absolute atomic E-state index is 0.0299. The van der Waals surface area contributed by atoms with Gasteiger partial charge >= 0.3 is 5.97 Å². The van der Waals surface area contributed by atoms with Gasteiger partial charge in [0.05, 0.1) is 12.0 Å². The van der Waals surface area contributed by atoms with Gasteiger partial charge in [0.25, 0.3) is 0 Å². The molecule has 0 spiro atoms. The van der Waals surface area contributed by atoms with Crippen molar-refractivity contribution in [3.63, 3.8) is 0 Å². The van der Waals surface area contributed by atoms with E-state index in [1.807, 2.05) is 0 Å². The molecule has 0 N–H and O–H groups in total. The van der Waals surface area contributed by atoms with E-state index in [0.717, 1.165) is 24.7 Å². The third-order valence-electron chi connectivity index (χ3n) is 5.74. The molecule has 0 aromatic carbocycles. The molecule has 0 amide bonds. The summed E-state index contributed by atoms with van der Waals surface area (Å²) in [5.74, 6) is 3.62. The Morgan fingerprint density at radius 3 is 2.62 bits per heavy atom. The first-order chi connectivity index (χ1) is 7.65. The highest BCUT2D eigenvalue weighted by atomic mass is 16.5. The first-order valence-electron chi connectivity index (χ1n) is 6.82. The molecule has 16 heavy (non-hydrogen) atoms.